The predicted molar refractivity (Wildman–Crippen MR) is 167 cm³/mol. The van der Waals surface area contributed by atoms with Gasteiger partial charge < -0.3 is 9.13 Å². The third-order valence-corrected chi connectivity index (χ3v) is 8.88. The highest BCUT2D eigenvalue weighted by Crippen LogP contribution is 2.36. The van der Waals surface area contributed by atoms with Crippen LogP contribution >= 0.6 is 0 Å². The number of aromatic nitrogens is 2. The SMILES string of the molecule is c1ccc([Si]c2cccc(-n3c4ccccc4c4ccc(-n5c6ccccc6c6ccccc65)cc43)c2)cc1. The Bertz CT molecular complexity index is 2100. The second-order valence-electron chi connectivity index (χ2n) is 9.97. The molecule has 0 bridgehead atoms. The molecule has 0 spiro atoms. The summed E-state index contributed by atoms with van der Waals surface area (Å²) in [5.41, 5.74) is 7.27. The maximum Gasteiger partial charge on any atom is 0.121 e. The molecule has 182 valence electrons. The largest absolute Gasteiger partial charge is 0.309 e. The Balaban J connectivity index is 1.38. The van der Waals surface area contributed by atoms with Crippen molar-refractivity contribution in [1.29, 1.82) is 0 Å². The Morgan fingerprint density at radius 1 is 0.333 bits per heavy atom. The van der Waals surface area contributed by atoms with Crippen LogP contribution in [0.5, 0.6) is 0 Å². The van der Waals surface area contributed by atoms with Gasteiger partial charge in [0.05, 0.1) is 22.1 Å². The highest BCUT2D eigenvalue weighted by atomic mass is 28.2. The van der Waals surface area contributed by atoms with E-state index in [1.54, 1.807) is 0 Å². The van der Waals surface area contributed by atoms with E-state index in [9.17, 15) is 0 Å². The van der Waals surface area contributed by atoms with Gasteiger partial charge in [-0.25, -0.2) is 0 Å². The van der Waals surface area contributed by atoms with Crippen LogP contribution in [0, 0.1) is 0 Å². The minimum absolute atomic E-state index is 0.621. The van der Waals surface area contributed by atoms with Gasteiger partial charge in [-0.3, -0.25) is 0 Å². The Morgan fingerprint density at radius 2 is 0.821 bits per heavy atom. The normalized spacial score (nSPS) is 11.7. The molecule has 2 nitrogen and oxygen atoms in total. The first-order chi connectivity index (χ1) is 19.3. The van der Waals surface area contributed by atoms with Crippen molar-refractivity contribution in [3.05, 3.63) is 146 Å². The molecule has 6 aromatic carbocycles. The summed E-state index contributed by atoms with van der Waals surface area (Å²) < 4.78 is 4.83. The van der Waals surface area contributed by atoms with Crippen molar-refractivity contribution < 1.29 is 0 Å². The van der Waals surface area contributed by atoms with Gasteiger partial charge in [0.15, 0.2) is 0 Å². The second kappa shape index (κ2) is 8.86. The molecule has 0 aliphatic rings. The number of para-hydroxylation sites is 3. The third-order valence-electron chi connectivity index (χ3n) is 7.66. The van der Waals surface area contributed by atoms with E-state index < -0.39 is 0 Å². The summed E-state index contributed by atoms with van der Waals surface area (Å²) in [6.45, 7) is 0. The third kappa shape index (κ3) is 3.55. The van der Waals surface area contributed by atoms with E-state index in [4.69, 9.17) is 0 Å². The monoisotopic (exact) mass is 512 g/mol. The minimum atomic E-state index is 0.621. The summed E-state index contributed by atoms with van der Waals surface area (Å²) in [5.74, 6) is 0. The Hall–Kier alpha value is -4.86. The maximum absolute atomic E-state index is 2.43. The van der Waals surface area contributed by atoms with Crippen LogP contribution in [-0.2, 0) is 0 Å². The quantitative estimate of drug-likeness (QED) is 0.216. The average molecular weight is 513 g/mol. The van der Waals surface area contributed by atoms with Crippen molar-refractivity contribution in [2.45, 2.75) is 0 Å². The molecule has 0 unspecified atom stereocenters. The van der Waals surface area contributed by atoms with Gasteiger partial charge in [0.25, 0.3) is 0 Å². The van der Waals surface area contributed by atoms with Crippen LogP contribution in [0.15, 0.2) is 146 Å². The van der Waals surface area contributed by atoms with Crippen LogP contribution in [0.2, 0.25) is 0 Å². The lowest BCUT2D eigenvalue weighted by molar-refractivity contribution is 1.16. The van der Waals surface area contributed by atoms with E-state index in [1.807, 2.05) is 0 Å². The fourth-order valence-corrected chi connectivity index (χ4v) is 7.08. The van der Waals surface area contributed by atoms with Crippen LogP contribution in [0.25, 0.3) is 55.0 Å². The van der Waals surface area contributed by atoms with Crippen LogP contribution in [0.4, 0.5) is 0 Å². The van der Waals surface area contributed by atoms with Crippen LogP contribution in [0.3, 0.4) is 0 Å². The number of benzene rings is 6. The average Bonchev–Trinajstić information content (AvgIpc) is 3.50. The Kier molecular flexibility index (Phi) is 5.03. The van der Waals surface area contributed by atoms with E-state index in [0.717, 1.165) is 0 Å². The summed E-state index contributed by atoms with van der Waals surface area (Å²) in [4.78, 5) is 0. The van der Waals surface area contributed by atoms with Crippen molar-refractivity contribution in [3.8, 4) is 11.4 Å². The fraction of sp³-hybridized carbons (Fsp3) is 0. The lowest BCUT2D eigenvalue weighted by atomic mass is 10.1. The molecule has 39 heavy (non-hydrogen) atoms. The molecule has 8 rings (SSSR count). The molecule has 0 aliphatic heterocycles. The minimum Gasteiger partial charge on any atom is -0.309 e. The van der Waals surface area contributed by atoms with Gasteiger partial charge in [-0.15, -0.1) is 0 Å². The standard InChI is InChI=1S/C36H24N2Si/c1-2-12-27(13-3-1)39-28-14-10-11-25(23-28)38-35-20-9-6-17-31(35)32-22-21-26(24-36(32)38)37-33-18-7-4-15-29(33)30-16-5-8-19-34(30)37/h1-24H. The number of nitrogens with zero attached hydrogens (tertiary/aromatic N) is 2. The molecular weight excluding hydrogens is 488 g/mol. The lowest BCUT2D eigenvalue weighted by Crippen LogP contribution is -2.26. The first-order valence-electron chi connectivity index (χ1n) is 13.3. The van der Waals surface area contributed by atoms with Gasteiger partial charge in [-0.2, -0.15) is 0 Å². The molecule has 0 aliphatic carbocycles. The van der Waals surface area contributed by atoms with Crippen LogP contribution in [0.1, 0.15) is 0 Å². The zero-order valence-corrected chi connectivity index (χ0v) is 22.3. The summed E-state index contributed by atoms with van der Waals surface area (Å²) in [6, 6.07) is 52.9. The van der Waals surface area contributed by atoms with Gasteiger partial charge in [0.2, 0.25) is 0 Å². The zero-order valence-electron chi connectivity index (χ0n) is 21.3. The maximum atomic E-state index is 2.43. The molecule has 0 fully saturated rings. The van der Waals surface area contributed by atoms with E-state index in [2.05, 4.69) is 155 Å². The Morgan fingerprint density at radius 3 is 1.46 bits per heavy atom. The smallest absolute Gasteiger partial charge is 0.121 e. The molecule has 3 heteroatoms. The van der Waals surface area contributed by atoms with Crippen LogP contribution < -0.4 is 10.4 Å². The molecule has 2 heterocycles. The highest BCUT2D eigenvalue weighted by Gasteiger charge is 2.16. The summed E-state index contributed by atoms with van der Waals surface area (Å²) >= 11 is 0. The van der Waals surface area contributed by atoms with E-state index in [1.165, 1.54) is 65.4 Å². The van der Waals surface area contributed by atoms with E-state index in [0.29, 0.717) is 9.52 Å². The van der Waals surface area contributed by atoms with Gasteiger partial charge in [-0.1, -0.05) is 114 Å². The lowest BCUT2D eigenvalue weighted by Gasteiger charge is -2.12. The summed E-state index contributed by atoms with van der Waals surface area (Å²) in [5, 5.41) is 7.80. The summed E-state index contributed by atoms with van der Waals surface area (Å²) in [6.07, 6.45) is 0. The zero-order chi connectivity index (χ0) is 25.8. The van der Waals surface area contributed by atoms with Crippen molar-refractivity contribution >= 4 is 63.5 Å². The van der Waals surface area contributed by atoms with Gasteiger partial charge in [-0.05, 0) is 42.5 Å². The van der Waals surface area contributed by atoms with Crippen molar-refractivity contribution in [2.24, 2.45) is 0 Å². The second-order valence-corrected chi connectivity index (χ2v) is 11.4. The van der Waals surface area contributed by atoms with E-state index >= 15 is 0 Å². The van der Waals surface area contributed by atoms with Crippen molar-refractivity contribution in [1.82, 2.24) is 9.13 Å². The molecular formula is C36H24N2Si. The van der Waals surface area contributed by atoms with Gasteiger partial charge in [0, 0.05) is 32.9 Å². The van der Waals surface area contributed by atoms with Crippen molar-refractivity contribution in [3.63, 3.8) is 0 Å². The van der Waals surface area contributed by atoms with Crippen LogP contribution in [-0.4, -0.2) is 18.7 Å². The number of fused-ring (bicyclic) bond motifs is 6. The number of hydrogen-bond acceptors (Lipinski definition) is 0. The van der Waals surface area contributed by atoms with Gasteiger partial charge in [0.1, 0.15) is 9.52 Å². The molecule has 0 saturated heterocycles. The topological polar surface area (TPSA) is 9.86 Å². The Labute approximate surface area is 229 Å². The number of hydrogen-bond donors (Lipinski definition) is 0. The molecule has 8 aromatic rings. The fourth-order valence-electron chi connectivity index (χ4n) is 5.99. The number of rotatable bonds is 4. The van der Waals surface area contributed by atoms with E-state index in [-0.39, 0.29) is 0 Å². The summed E-state index contributed by atoms with van der Waals surface area (Å²) in [7, 11) is 0.621. The predicted octanol–water partition coefficient (Wildman–Crippen LogP) is 7.54. The molecule has 2 radical (unpaired) electrons. The highest BCUT2D eigenvalue weighted by molar-refractivity contribution is 6.67. The van der Waals surface area contributed by atoms with Crippen molar-refractivity contribution in [2.75, 3.05) is 0 Å². The molecule has 0 N–H and O–H groups in total. The molecule has 0 saturated carbocycles. The first kappa shape index (κ1) is 22.2. The van der Waals surface area contributed by atoms with Gasteiger partial charge >= 0.3 is 0 Å². The molecule has 0 atom stereocenters. The molecule has 2 aromatic heterocycles. The molecule has 0 amide bonds. The first-order valence-corrected chi connectivity index (χ1v) is 14.3.